The zero-order valence-corrected chi connectivity index (χ0v) is 15.7. The number of benzene rings is 3. The lowest BCUT2D eigenvalue weighted by Crippen LogP contribution is -2.27. The molecule has 0 aliphatic rings. The second-order valence-electron chi connectivity index (χ2n) is 6.21. The predicted octanol–water partition coefficient (Wildman–Crippen LogP) is 4.42. The second-order valence-corrected chi connectivity index (χ2v) is 6.21. The van der Waals surface area contributed by atoms with Crippen LogP contribution >= 0.6 is 0 Å². The molecule has 0 bridgehead atoms. The number of nitrogens with zero attached hydrogens (tertiary/aromatic N) is 2. The van der Waals surface area contributed by atoms with E-state index in [0.29, 0.717) is 0 Å². The Morgan fingerprint density at radius 2 is 1.38 bits per heavy atom. The summed E-state index contributed by atoms with van der Waals surface area (Å²) in [4.78, 5) is 26.5. The van der Waals surface area contributed by atoms with Crippen molar-refractivity contribution in [3.8, 4) is 0 Å². The van der Waals surface area contributed by atoms with Crippen molar-refractivity contribution in [2.75, 3.05) is 4.90 Å². The lowest BCUT2D eigenvalue weighted by Gasteiger charge is -2.23. The molecular formula is C23H20FN3O2. The van der Waals surface area contributed by atoms with Crippen molar-refractivity contribution in [3.63, 3.8) is 0 Å². The average Bonchev–Trinajstić information content (AvgIpc) is 2.75. The van der Waals surface area contributed by atoms with E-state index in [9.17, 15) is 14.0 Å². The normalized spacial score (nSPS) is 10.7. The van der Waals surface area contributed by atoms with Crippen molar-refractivity contribution in [3.05, 3.63) is 96.3 Å². The van der Waals surface area contributed by atoms with Crippen LogP contribution in [0.25, 0.3) is 0 Å². The number of carbonyl (C=O) groups is 2. The molecule has 0 aromatic heterocycles. The van der Waals surface area contributed by atoms with Crippen molar-refractivity contribution in [2.45, 2.75) is 12.8 Å². The molecule has 2 amide bonds. The highest BCUT2D eigenvalue weighted by Crippen LogP contribution is 2.26. The molecule has 0 saturated heterocycles. The number of hydrazone groups is 1. The zero-order chi connectivity index (χ0) is 20.5. The highest BCUT2D eigenvalue weighted by molar-refractivity contribution is 6.01. The molecule has 1 N–H and O–H groups in total. The summed E-state index contributed by atoms with van der Waals surface area (Å²) in [6, 6.07) is 24.6. The molecule has 6 heteroatoms. The van der Waals surface area contributed by atoms with Gasteiger partial charge in [0.25, 0.3) is 0 Å². The summed E-state index contributed by atoms with van der Waals surface area (Å²) in [5, 5.41) is 3.75. The summed E-state index contributed by atoms with van der Waals surface area (Å²) in [6.45, 7) is 0. The van der Waals surface area contributed by atoms with Crippen LogP contribution in [0.4, 0.5) is 15.8 Å². The fourth-order valence-electron chi connectivity index (χ4n) is 2.73. The molecule has 0 spiro atoms. The molecule has 3 rings (SSSR count). The fraction of sp³-hybridized carbons (Fsp3) is 0.0870. The number of halogens is 1. The van der Waals surface area contributed by atoms with Crippen molar-refractivity contribution in [2.24, 2.45) is 5.10 Å². The van der Waals surface area contributed by atoms with E-state index in [-0.39, 0.29) is 24.3 Å². The van der Waals surface area contributed by atoms with Crippen LogP contribution in [0, 0.1) is 5.82 Å². The van der Waals surface area contributed by atoms with Crippen LogP contribution in [0.5, 0.6) is 0 Å². The average molecular weight is 389 g/mol. The highest BCUT2D eigenvalue weighted by Gasteiger charge is 2.18. The number of nitrogens with one attached hydrogen (secondary N) is 1. The Labute approximate surface area is 168 Å². The summed E-state index contributed by atoms with van der Waals surface area (Å²) >= 11 is 0. The third-order valence-corrected chi connectivity index (χ3v) is 4.14. The van der Waals surface area contributed by atoms with Crippen LogP contribution in [0.2, 0.25) is 0 Å². The molecule has 0 fully saturated rings. The summed E-state index contributed by atoms with van der Waals surface area (Å²) < 4.78 is 13.5. The summed E-state index contributed by atoms with van der Waals surface area (Å²) in [6.07, 6.45) is 1.20. The topological polar surface area (TPSA) is 61.8 Å². The SMILES string of the molecule is O=C(CCC(=O)N(c1ccccc1)c1ccccc1)NN=Cc1ccccc1F. The number of rotatable bonds is 7. The van der Waals surface area contributed by atoms with Crippen LogP contribution in [0.15, 0.2) is 90.0 Å². The molecule has 5 nitrogen and oxygen atoms in total. The molecule has 0 unspecified atom stereocenters. The van der Waals surface area contributed by atoms with Gasteiger partial charge in [0.15, 0.2) is 0 Å². The Morgan fingerprint density at radius 1 is 0.828 bits per heavy atom. The molecule has 0 aliphatic heterocycles. The van der Waals surface area contributed by atoms with Gasteiger partial charge in [-0.15, -0.1) is 0 Å². The zero-order valence-electron chi connectivity index (χ0n) is 15.7. The van der Waals surface area contributed by atoms with E-state index in [1.807, 2.05) is 60.7 Å². The fourth-order valence-corrected chi connectivity index (χ4v) is 2.73. The second kappa shape index (κ2) is 9.94. The smallest absolute Gasteiger partial charge is 0.240 e. The third kappa shape index (κ3) is 5.59. The first-order chi connectivity index (χ1) is 14.1. The van der Waals surface area contributed by atoms with Gasteiger partial charge in [0.2, 0.25) is 11.8 Å². The molecule has 29 heavy (non-hydrogen) atoms. The Balaban J connectivity index is 1.61. The van der Waals surface area contributed by atoms with E-state index in [4.69, 9.17) is 0 Å². The highest BCUT2D eigenvalue weighted by atomic mass is 19.1. The molecule has 0 aliphatic carbocycles. The van der Waals surface area contributed by atoms with Gasteiger partial charge in [-0.1, -0.05) is 54.6 Å². The van der Waals surface area contributed by atoms with Gasteiger partial charge < -0.3 is 0 Å². The minimum atomic E-state index is -0.429. The summed E-state index contributed by atoms with van der Waals surface area (Å²) in [5.74, 6) is -1.07. The van der Waals surface area contributed by atoms with Gasteiger partial charge in [0.05, 0.1) is 6.21 Å². The van der Waals surface area contributed by atoms with Crippen molar-refractivity contribution in [1.29, 1.82) is 0 Å². The minimum Gasteiger partial charge on any atom is -0.281 e. The maximum atomic E-state index is 13.5. The van der Waals surface area contributed by atoms with E-state index < -0.39 is 11.7 Å². The summed E-state index contributed by atoms with van der Waals surface area (Å²) in [5.41, 5.74) is 4.04. The number of anilines is 2. The van der Waals surface area contributed by atoms with Gasteiger partial charge in [0.1, 0.15) is 5.82 Å². The van der Waals surface area contributed by atoms with E-state index in [2.05, 4.69) is 10.5 Å². The Hall–Kier alpha value is -3.80. The number of hydrogen-bond donors (Lipinski definition) is 1. The third-order valence-electron chi connectivity index (χ3n) is 4.14. The largest absolute Gasteiger partial charge is 0.281 e. The molecule has 0 saturated carbocycles. The molecule has 0 atom stereocenters. The van der Waals surface area contributed by atoms with Crippen molar-refractivity contribution < 1.29 is 14.0 Å². The van der Waals surface area contributed by atoms with Crippen LogP contribution in [-0.4, -0.2) is 18.0 Å². The van der Waals surface area contributed by atoms with E-state index in [1.165, 1.54) is 12.3 Å². The van der Waals surface area contributed by atoms with Gasteiger partial charge in [-0.3, -0.25) is 14.5 Å². The van der Waals surface area contributed by atoms with Gasteiger partial charge >= 0.3 is 0 Å². The molecular weight excluding hydrogens is 369 g/mol. The first kappa shape index (κ1) is 19.9. The molecule has 146 valence electrons. The lowest BCUT2D eigenvalue weighted by molar-refractivity contribution is -0.124. The Morgan fingerprint density at radius 3 is 1.97 bits per heavy atom. The van der Waals surface area contributed by atoms with Gasteiger partial charge in [-0.25, -0.2) is 9.82 Å². The maximum absolute atomic E-state index is 13.5. The Bertz CT molecular complexity index is 952. The molecule has 3 aromatic rings. The van der Waals surface area contributed by atoms with Crippen LogP contribution < -0.4 is 10.3 Å². The van der Waals surface area contributed by atoms with E-state index in [1.54, 1.807) is 23.1 Å². The van der Waals surface area contributed by atoms with Gasteiger partial charge in [0, 0.05) is 29.8 Å². The van der Waals surface area contributed by atoms with E-state index in [0.717, 1.165) is 11.4 Å². The molecule has 3 aromatic carbocycles. The van der Waals surface area contributed by atoms with Crippen LogP contribution in [-0.2, 0) is 9.59 Å². The van der Waals surface area contributed by atoms with Crippen LogP contribution in [0.1, 0.15) is 18.4 Å². The number of carbonyl (C=O) groups excluding carboxylic acids is 2. The summed E-state index contributed by atoms with van der Waals surface area (Å²) in [7, 11) is 0. The number of para-hydroxylation sites is 2. The number of amides is 2. The first-order valence-electron chi connectivity index (χ1n) is 9.14. The van der Waals surface area contributed by atoms with Crippen molar-refractivity contribution >= 4 is 29.4 Å². The molecule has 0 radical (unpaired) electrons. The lowest BCUT2D eigenvalue weighted by atomic mass is 10.2. The first-order valence-corrected chi connectivity index (χ1v) is 9.14. The predicted molar refractivity (Wildman–Crippen MR) is 111 cm³/mol. The molecule has 0 heterocycles. The van der Waals surface area contributed by atoms with Crippen molar-refractivity contribution in [1.82, 2.24) is 5.43 Å². The standard InChI is InChI=1S/C23H20FN3O2/c24-21-14-8-7-9-18(21)17-25-26-22(28)15-16-23(29)27(19-10-3-1-4-11-19)20-12-5-2-6-13-20/h1-14,17H,15-16H2,(H,26,28). The monoisotopic (exact) mass is 389 g/mol. The van der Waals surface area contributed by atoms with E-state index >= 15 is 0 Å². The van der Waals surface area contributed by atoms with Crippen LogP contribution in [0.3, 0.4) is 0 Å². The van der Waals surface area contributed by atoms with Gasteiger partial charge in [-0.2, -0.15) is 5.10 Å². The Kier molecular flexibility index (Phi) is 6.84. The number of hydrogen-bond acceptors (Lipinski definition) is 3. The minimum absolute atomic E-state index is 0.00480. The maximum Gasteiger partial charge on any atom is 0.240 e. The quantitative estimate of drug-likeness (QED) is 0.480. The van der Waals surface area contributed by atoms with Gasteiger partial charge in [-0.05, 0) is 30.3 Å².